The Morgan fingerprint density at radius 1 is 1.18 bits per heavy atom. The SMILES string of the molecule is CCCNCC(CC)N(C)CC1CCCCC1. The maximum absolute atomic E-state index is 3.56. The van der Waals surface area contributed by atoms with E-state index in [2.05, 4.69) is 31.1 Å². The third kappa shape index (κ3) is 5.87. The van der Waals surface area contributed by atoms with Crippen LogP contribution in [0.4, 0.5) is 0 Å². The van der Waals surface area contributed by atoms with Crippen LogP contribution in [0, 0.1) is 5.92 Å². The molecule has 0 saturated heterocycles. The first-order valence-corrected chi connectivity index (χ1v) is 7.68. The van der Waals surface area contributed by atoms with Gasteiger partial charge < -0.3 is 10.2 Å². The Labute approximate surface area is 108 Å². The van der Waals surface area contributed by atoms with Gasteiger partial charge in [0.15, 0.2) is 0 Å². The molecule has 0 radical (unpaired) electrons. The van der Waals surface area contributed by atoms with Crippen LogP contribution in [-0.2, 0) is 0 Å². The quantitative estimate of drug-likeness (QED) is 0.655. The van der Waals surface area contributed by atoms with Crippen molar-refractivity contribution in [3.8, 4) is 0 Å². The maximum atomic E-state index is 3.56. The lowest BCUT2D eigenvalue weighted by Gasteiger charge is -2.32. The zero-order chi connectivity index (χ0) is 12.5. The normalized spacial score (nSPS) is 19.8. The number of hydrogen-bond donors (Lipinski definition) is 1. The molecule has 2 heteroatoms. The van der Waals surface area contributed by atoms with E-state index in [0.717, 1.165) is 25.0 Å². The molecule has 1 unspecified atom stereocenters. The molecule has 1 aliphatic rings. The molecule has 17 heavy (non-hydrogen) atoms. The molecule has 1 aliphatic carbocycles. The van der Waals surface area contributed by atoms with E-state index in [-0.39, 0.29) is 0 Å². The van der Waals surface area contributed by atoms with Gasteiger partial charge in [-0.05, 0) is 45.2 Å². The number of nitrogens with one attached hydrogen (secondary N) is 1. The lowest BCUT2D eigenvalue weighted by atomic mass is 9.88. The summed E-state index contributed by atoms with van der Waals surface area (Å²) in [4.78, 5) is 2.60. The average Bonchev–Trinajstić information content (AvgIpc) is 2.36. The van der Waals surface area contributed by atoms with Crippen LogP contribution < -0.4 is 5.32 Å². The molecule has 0 aliphatic heterocycles. The smallest absolute Gasteiger partial charge is 0.0215 e. The van der Waals surface area contributed by atoms with E-state index in [9.17, 15) is 0 Å². The van der Waals surface area contributed by atoms with Crippen molar-refractivity contribution in [1.82, 2.24) is 10.2 Å². The molecule has 2 nitrogen and oxygen atoms in total. The highest BCUT2D eigenvalue weighted by Crippen LogP contribution is 2.24. The molecule has 1 rings (SSSR count). The summed E-state index contributed by atoms with van der Waals surface area (Å²) in [5, 5.41) is 3.56. The lowest BCUT2D eigenvalue weighted by Crippen LogP contribution is -2.42. The zero-order valence-electron chi connectivity index (χ0n) is 12.2. The minimum Gasteiger partial charge on any atom is -0.315 e. The summed E-state index contributed by atoms with van der Waals surface area (Å²) in [5.74, 6) is 0.967. The highest BCUT2D eigenvalue weighted by Gasteiger charge is 2.19. The van der Waals surface area contributed by atoms with E-state index in [1.54, 1.807) is 0 Å². The van der Waals surface area contributed by atoms with Gasteiger partial charge in [0.05, 0.1) is 0 Å². The largest absolute Gasteiger partial charge is 0.315 e. The highest BCUT2D eigenvalue weighted by molar-refractivity contribution is 4.75. The molecule has 1 N–H and O–H groups in total. The second kappa shape index (κ2) is 8.93. The van der Waals surface area contributed by atoms with E-state index in [4.69, 9.17) is 0 Å². The summed E-state index contributed by atoms with van der Waals surface area (Å²) in [5.41, 5.74) is 0. The Balaban J connectivity index is 2.23. The Hall–Kier alpha value is -0.0800. The maximum Gasteiger partial charge on any atom is 0.0215 e. The van der Waals surface area contributed by atoms with Gasteiger partial charge in [0.1, 0.15) is 0 Å². The monoisotopic (exact) mass is 240 g/mol. The fraction of sp³-hybridized carbons (Fsp3) is 1.00. The van der Waals surface area contributed by atoms with Crippen molar-refractivity contribution in [2.75, 3.05) is 26.7 Å². The Morgan fingerprint density at radius 2 is 1.88 bits per heavy atom. The number of likely N-dealkylation sites (N-methyl/N-ethyl adjacent to an activating group) is 1. The molecule has 0 heterocycles. The van der Waals surface area contributed by atoms with Crippen LogP contribution in [-0.4, -0.2) is 37.6 Å². The van der Waals surface area contributed by atoms with E-state index in [1.165, 1.54) is 51.5 Å². The molecule has 1 fully saturated rings. The Bertz CT molecular complexity index is 176. The van der Waals surface area contributed by atoms with Crippen LogP contribution in [0.5, 0.6) is 0 Å². The van der Waals surface area contributed by atoms with E-state index in [1.807, 2.05) is 0 Å². The predicted molar refractivity (Wildman–Crippen MR) is 76.4 cm³/mol. The second-order valence-electron chi connectivity index (χ2n) is 5.71. The molecule has 0 bridgehead atoms. The fourth-order valence-corrected chi connectivity index (χ4v) is 2.98. The fourth-order valence-electron chi connectivity index (χ4n) is 2.98. The van der Waals surface area contributed by atoms with Gasteiger partial charge in [-0.25, -0.2) is 0 Å². The van der Waals surface area contributed by atoms with Crippen molar-refractivity contribution in [3.63, 3.8) is 0 Å². The van der Waals surface area contributed by atoms with Gasteiger partial charge in [-0.3, -0.25) is 0 Å². The molecule has 102 valence electrons. The topological polar surface area (TPSA) is 15.3 Å². The average molecular weight is 240 g/mol. The first kappa shape index (κ1) is 15.0. The van der Waals surface area contributed by atoms with E-state index >= 15 is 0 Å². The predicted octanol–water partition coefficient (Wildman–Crippen LogP) is 3.28. The number of nitrogens with zero attached hydrogens (tertiary/aromatic N) is 1. The van der Waals surface area contributed by atoms with Crippen molar-refractivity contribution in [2.45, 2.75) is 64.8 Å². The highest BCUT2D eigenvalue weighted by atomic mass is 15.1. The van der Waals surface area contributed by atoms with Crippen LogP contribution in [0.2, 0.25) is 0 Å². The zero-order valence-corrected chi connectivity index (χ0v) is 12.2. The summed E-state index contributed by atoms with van der Waals surface area (Å²) >= 11 is 0. The van der Waals surface area contributed by atoms with Gasteiger partial charge in [0, 0.05) is 19.1 Å². The first-order valence-electron chi connectivity index (χ1n) is 7.68. The van der Waals surface area contributed by atoms with Crippen molar-refractivity contribution >= 4 is 0 Å². The van der Waals surface area contributed by atoms with E-state index < -0.39 is 0 Å². The van der Waals surface area contributed by atoms with Gasteiger partial charge in [0.25, 0.3) is 0 Å². The molecule has 0 aromatic carbocycles. The minimum absolute atomic E-state index is 0.725. The third-order valence-corrected chi connectivity index (χ3v) is 4.17. The Morgan fingerprint density at radius 3 is 2.47 bits per heavy atom. The molecule has 0 spiro atoms. The third-order valence-electron chi connectivity index (χ3n) is 4.17. The van der Waals surface area contributed by atoms with Crippen LogP contribution in [0.25, 0.3) is 0 Å². The number of rotatable bonds is 8. The summed E-state index contributed by atoms with van der Waals surface area (Å²) in [6.45, 7) is 8.18. The van der Waals surface area contributed by atoms with Crippen molar-refractivity contribution in [3.05, 3.63) is 0 Å². The standard InChI is InChI=1S/C15H32N2/c1-4-11-16-12-15(5-2)17(3)13-14-9-7-6-8-10-14/h14-16H,4-13H2,1-3H3. The summed E-state index contributed by atoms with van der Waals surface area (Å²) in [6.07, 6.45) is 9.82. The molecule has 0 aromatic heterocycles. The summed E-state index contributed by atoms with van der Waals surface area (Å²) in [6, 6.07) is 0.725. The van der Waals surface area contributed by atoms with Gasteiger partial charge in [-0.15, -0.1) is 0 Å². The summed E-state index contributed by atoms with van der Waals surface area (Å²) < 4.78 is 0. The summed E-state index contributed by atoms with van der Waals surface area (Å²) in [7, 11) is 2.32. The van der Waals surface area contributed by atoms with Crippen LogP contribution in [0.3, 0.4) is 0 Å². The Kier molecular flexibility index (Phi) is 7.87. The molecular weight excluding hydrogens is 208 g/mol. The van der Waals surface area contributed by atoms with Crippen LogP contribution >= 0.6 is 0 Å². The number of hydrogen-bond acceptors (Lipinski definition) is 2. The van der Waals surface area contributed by atoms with Crippen molar-refractivity contribution < 1.29 is 0 Å². The van der Waals surface area contributed by atoms with Crippen LogP contribution in [0.1, 0.15) is 58.8 Å². The van der Waals surface area contributed by atoms with Gasteiger partial charge >= 0.3 is 0 Å². The lowest BCUT2D eigenvalue weighted by molar-refractivity contribution is 0.175. The van der Waals surface area contributed by atoms with Crippen molar-refractivity contribution in [2.24, 2.45) is 5.92 Å². The molecular formula is C15H32N2. The van der Waals surface area contributed by atoms with Gasteiger partial charge in [-0.2, -0.15) is 0 Å². The molecule has 1 atom stereocenters. The van der Waals surface area contributed by atoms with E-state index in [0.29, 0.717) is 0 Å². The van der Waals surface area contributed by atoms with Gasteiger partial charge in [-0.1, -0.05) is 33.1 Å². The first-order chi connectivity index (χ1) is 8.27. The molecule has 0 aromatic rings. The van der Waals surface area contributed by atoms with Crippen molar-refractivity contribution in [1.29, 1.82) is 0 Å². The minimum atomic E-state index is 0.725. The molecule has 1 saturated carbocycles. The van der Waals surface area contributed by atoms with Gasteiger partial charge in [0.2, 0.25) is 0 Å². The molecule has 0 amide bonds. The van der Waals surface area contributed by atoms with Crippen LogP contribution in [0.15, 0.2) is 0 Å². The second-order valence-corrected chi connectivity index (χ2v) is 5.71.